The number of amides is 2. The zero-order valence-electron chi connectivity index (χ0n) is 18.2. The molecular weight excluding hydrogens is 402 g/mol. The molecule has 0 radical (unpaired) electrons. The summed E-state index contributed by atoms with van der Waals surface area (Å²) in [7, 11) is 0. The van der Waals surface area contributed by atoms with E-state index in [1.807, 2.05) is 67.7 Å². The summed E-state index contributed by atoms with van der Waals surface area (Å²) in [5.74, 6) is 0.596. The van der Waals surface area contributed by atoms with Crippen molar-refractivity contribution in [3.05, 3.63) is 84.2 Å². The molecule has 0 bridgehead atoms. The molecule has 2 heterocycles. The van der Waals surface area contributed by atoms with E-state index in [0.717, 1.165) is 28.0 Å². The molecule has 6 nitrogen and oxygen atoms in total. The molecule has 4 rings (SSSR count). The number of piperazine rings is 1. The number of carbonyl (C=O) groups is 2. The summed E-state index contributed by atoms with van der Waals surface area (Å²) in [4.78, 5) is 31.5. The zero-order valence-corrected chi connectivity index (χ0v) is 18.2. The third kappa shape index (κ3) is 5.14. The Morgan fingerprint density at radius 1 is 1.12 bits per heavy atom. The van der Waals surface area contributed by atoms with Gasteiger partial charge < -0.3 is 15.0 Å². The maximum absolute atomic E-state index is 13.0. The monoisotopic (exact) mass is 429 g/mol. The molecule has 1 aliphatic rings. The molecule has 1 atom stereocenters. The summed E-state index contributed by atoms with van der Waals surface area (Å²) >= 11 is 0. The van der Waals surface area contributed by atoms with E-state index in [0.29, 0.717) is 19.5 Å². The third-order valence-corrected chi connectivity index (χ3v) is 5.67. The third-order valence-electron chi connectivity index (χ3n) is 5.67. The first kappa shape index (κ1) is 21.6. The maximum Gasteiger partial charge on any atom is 0.243 e. The number of benzene rings is 2. The molecule has 1 aliphatic heterocycles. The van der Waals surface area contributed by atoms with Gasteiger partial charge in [0, 0.05) is 31.9 Å². The molecule has 0 aliphatic carbocycles. The van der Waals surface area contributed by atoms with Crippen LogP contribution in [0.1, 0.15) is 17.5 Å². The highest BCUT2D eigenvalue weighted by molar-refractivity contribution is 5.89. The van der Waals surface area contributed by atoms with Gasteiger partial charge in [0.25, 0.3) is 0 Å². The topological polar surface area (TPSA) is 71.5 Å². The largest absolute Gasteiger partial charge is 0.493 e. The standard InChI is InChI=1S/C26H27N3O3/c1-19-6-2-3-10-24(19)32-15-11-25(30)29-14-13-28-26(31)23(29)17-20-7-4-8-21(16-20)22-9-5-12-27-18-22/h2-10,12,16,18,23H,11,13-15,17H2,1H3,(H,28,31). The number of ether oxygens (including phenoxy) is 1. The van der Waals surface area contributed by atoms with Crippen LogP contribution in [0.15, 0.2) is 73.1 Å². The van der Waals surface area contributed by atoms with Crippen LogP contribution in [0, 0.1) is 6.92 Å². The molecule has 0 spiro atoms. The number of aryl methyl sites for hydroxylation is 1. The molecule has 0 saturated carbocycles. The van der Waals surface area contributed by atoms with Gasteiger partial charge in [-0.15, -0.1) is 0 Å². The molecule has 1 saturated heterocycles. The summed E-state index contributed by atoms with van der Waals surface area (Å²) < 4.78 is 5.79. The van der Waals surface area contributed by atoms with E-state index in [1.165, 1.54) is 0 Å². The Balaban J connectivity index is 1.43. The van der Waals surface area contributed by atoms with Crippen molar-refractivity contribution in [1.29, 1.82) is 0 Å². The van der Waals surface area contributed by atoms with Gasteiger partial charge in [-0.2, -0.15) is 0 Å². The second kappa shape index (κ2) is 10.1. The minimum absolute atomic E-state index is 0.0677. The van der Waals surface area contributed by atoms with Gasteiger partial charge in [-0.1, -0.05) is 48.5 Å². The lowest BCUT2D eigenvalue weighted by molar-refractivity contribution is -0.143. The number of nitrogens with one attached hydrogen (secondary N) is 1. The molecule has 1 N–H and O–H groups in total. The zero-order chi connectivity index (χ0) is 22.3. The second-order valence-electron chi connectivity index (χ2n) is 7.90. The average Bonchev–Trinajstić information content (AvgIpc) is 2.82. The van der Waals surface area contributed by atoms with Crippen LogP contribution in [0.2, 0.25) is 0 Å². The van der Waals surface area contributed by atoms with Crippen LogP contribution in [0.3, 0.4) is 0 Å². The van der Waals surface area contributed by atoms with Crippen LogP contribution in [0.5, 0.6) is 5.75 Å². The highest BCUT2D eigenvalue weighted by Crippen LogP contribution is 2.22. The van der Waals surface area contributed by atoms with E-state index >= 15 is 0 Å². The number of hydrogen-bond donors (Lipinski definition) is 1. The highest BCUT2D eigenvalue weighted by atomic mass is 16.5. The summed E-state index contributed by atoms with van der Waals surface area (Å²) in [6, 6.07) is 19.2. The minimum atomic E-state index is -0.529. The van der Waals surface area contributed by atoms with Crippen molar-refractivity contribution in [2.45, 2.75) is 25.8 Å². The molecule has 32 heavy (non-hydrogen) atoms. The normalized spacial score (nSPS) is 15.8. The van der Waals surface area contributed by atoms with Gasteiger partial charge in [0.2, 0.25) is 11.8 Å². The quantitative estimate of drug-likeness (QED) is 0.625. The van der Waals surface area contributed by atoms with Crippen LogP contribution >= 0.6 is 0 Å². The first-order chi connectivity index (χ1) is 15.6. The molecule has 3 aromatic rings. The Morgan fingerprint density at radius 3 is 2.78 bits per heavy atom. The Morgan fingerprint density at radius 2 is 1.97 bits per heavy atom. The SMILES string of the molecule is Cc1ccccc1OCCC(=O)N1CCNC(=O)C1Cc1cccc(-c2cccnc2)c1. The summed E-state index contributed by atoms with van der Waals surface area (Å²) in [6.45, 7) is 3.23. The average molecular weight is 430 g/mol. The number of para-hydroxylation sites is 1. The Bertz CT molecular complexity index is 1080. The first-order valence-electron chi connectivity index (χ1n) is 10.9. The van der Waals surface area contributed by atoms with Crippen molar-refractivity contribution in [2.75, 3.05) is 19.7 Å². The highest BCUT2D eigenvalue weighted by Gasteiger charge is 2.32. The molecule has 164 valence electrons. The lowest BCUT2D eigenvalue weighted by Gasteiger charge is -2.35. The summed E-state index contributed by atoms with van der Waals surface area (Å²) in [5.41, 5.74) is 4.09. The van der Waals surface area contributed by atoms with Crippen LogP contribution < -0.4 is 10.1 Å². The van der Waals surface area contributed by atoms with Gasteiger partial charge in [0.05, 0.1) is 13.0 Å². The number of rotatable bonds is 7. The molecule has 2 aromatic carbocycles. The van der Waals surface area contributed by atoms with E-state index in [1.54, 1.807) is 11.1 Å². The Labute approximate surface area is 188 Å². The van der Waals surface area contributed by atoms with Crippen molar-refractivity contribution in [1.82, 2.24) is 15.2 Å². The predicted molar refractivity (Wildman–Crippen MR) is 123 cm³/mol. The van der Waals surface area contributed by atoms with Gasteiger partial charge in [-0.05, 0) is 41.3 Å². The van der Waals surface area contributed by atoms with Crippen molar-refractivity contribution in [2.24, 2.45) is 0 Å². The van der Waals surface area contributed by atoms with Crippen molar-refractivity contribution in [3.63, 3.8) is 0 Å². The van der Waals surface area contributed by atoms with Crippen molar-refractivity contribution < 1.29 is 14.3 Å². The predicted octanol–water partition coefficient (Wildman–Crippen LogP) is 3.40. The number of nitrogens with zero attached hydrogens (tertiary/aromatic N) is 2. The molecule has 2 amide bonds. The molecule has 1 aromatic heterocycles. The smallest absolute Gasteiger partial charge is 0.243 e. The number of hydrogen-bond acceptors (Lipinski definition) is 4. The molecular formula is C26H27N3O3. The van der Waals surface area contributed by atoms with Crippen LogP contribution in [0.25, 0.3) is 11.1 Å². The lowest BCUT2D eigenvalue weighted by Crippen LogP contribution is -2.58. The number of carbonyl (C=O) groups excluding carboxylic acids is 2. The van der Waals surface area contributed by atoms with E-state index < -0.39 is 6.04 Å². The van der Waals surface area contributed by atoms with Crippen molar-refractivity contribution in [3.8, 4) is 16.9 Å². The molecule has 1 fully saturated rings. The number of pyridine rings is 1. The van der Waals surface area contributed by atoms with Crippen LogP contribution in [-0.4, -0.2) is 47.4 Å². The van der Waals surface area contributed by atoms with Crippen LogP contribution in [-0.2, 0) is 16.0 Å². The maximum atomic E-state index is 13.0. The number of aromatic nitrogens is 1. The van der Waals surface area contributed by atoms with E-state index in [9.17, 15) is 9.59 Å². The first-order valence-corrected chi connectivity index (χ1v) is 10.9. The Hall–Kier alpha value is -3.67. The summed E-state index contributed by atoms with van der Waals surface area (Å²) in [6.07, 6.45) is 4.25. The Kier molecular flexibility index (Phi) is 6.80. The van der Waals surface area contributed by atoms with Gasteiger partial charge in [-0.25, -0.2) is 0 Å². The van der Waals surface area contributed by atoms with Gasteiger partial charge in [0.1, 0.15) is 11.8 Å². The fourth-order valence-electron chi connectivity index (χ4n) is 3.96. The van der Waals surface area contributed by atoms with Gasteiger partial charge >= 0.3 is 0 Å². The van der Waals surface area contributed by atoms with Gasteiger partial charge in [-0.3, -0.25) is 14.6 Å². The minimum Gasteiger partial charge on any atom is -0.493 e. The summed E-state index contributed by atoms with van der Waals surface area (Å²) in [5, 5.41) is 2.90. The van der Waals surface area contributed by atoms with E-state index in [4.69, 9.17) is 4.74 Å². The van der Waals surface area contributed by atoms with Crippen LogP contribution in [0.4, 0.5) is 0 Å². The van der Waals surface area contributed by atoms with E-state index in [2.05, 4.69) is 16.4 Å². The molecule has 1 unspecified atom stereocenters. The fourth-order valence-corrected chi connectivity index (χ4v) is 3.96. The molecule has 6 heteroatoms. The second-order valence-corrected chi connectivity index (χ2v) is 7.90. The van der Waals surface area contributed by atoms with Gasteiger partial charge in [0.15, 0.2) is 0 Å². The fraction of sp³-hybridized carbons (Fsp3) is 0.269. The van der Waals surface area contributed by atoms with E-state index in [-0.39, 0.29) is 24.8 Å². The van der Waals surface area contributed by atoms with Crippen molar-refractivity contribution >= 4 is 11.8 Å². The lowest BCUT2D eigenvalue weighted by atomic mass is 9.98.